The Kier molecular flexibility index (Phi) is 4.92. The van der Waals surface area contributed by atoms with Gasteiger partial charge in [-0.15, -0.1) is 0 Å². The molecule has 1 heterocycles. The molecule has 0 aliphatic rings. The molecule has 20 heavy (non-hydrogen) atoms. The summed E-state index contributed by atoms with van der Waals surface area (Å²) in [6, 6.07) is 8.14. The van der Waals surface area contributed by atoms with Crippen LogP contribution in [0.3, 0.4) is 0 Å². The van der Waals surface area contributed by atoms with Crippen molar-refractivity contribution in [1.82, 2.24) is 9.97 Å². The van der Waals surface area contributed by atoms with Crippen molar-refractivity contribution in [1.29, 1.82) is 0 Å². The van der Waals surface area contributed by atoms with E-state index in [1.807, 2.05) is 25.1 Å². The number of aryl methyl sites for hydroxylation is 1. The van der Waals surface area contributed by atoms with E-state index in [4.69, 9.17) is 5.73 Å². The van der Waals surface area contributed by atoms with Crippen molar-refractivity contribution in [2.75, 3.05) is 17.2 Å². The van der Waals surface area contributed by atoms with E-state index in [9.17, 15) is 0 Å². The number of nitrogens with two attached hydrogens (primary N) is 1. The van der Waals surface area contributed by atoms with Crippen LogP contribution in [0.25, 0.3) is 0 Å². The Labute approximate surface area is 127 Å². The molecule has 0 amide bonds. The maximum Gasteiger partial charge on any atom is 0.135 e. The molecule has 5 nitrogen and oxygen atoms in total. The SMILES string of the molecule is Cc1ccc(Nc2cc(NC(C)CN)ncn2)c(Br)c1. The lowest BCUT2D eigenvalue weighted by Gasteiger charge is -2.13. The number of aromatic nitrogens is 2. The number of anilines is 3. The van der Waals surface area contributed by atoms with Crippen molar-refractivity contribution in [3.05, 3.63) is 40.6 Å². The number of nitrogens with one attached hydrogen (secondary N) is 2. The molecular formula is C14H18BrN5. The molecule has 0 spiro atoms. The second kappa shape index (κ2) is 6.67. The van der Waals surface area contributed by atoms with Crippen LogP contribution in [0, 0.1) is 6.92 Å². The van der Waals surface area contributed by atoms with Gasteiger partial charge in [0.25, 0.3) is 0 Å². The van der Waals surface area contributed by atoms with Crippen LogP contribution in [0.15, 0.2) is 35.1 Å². The van der Waals surface area contributed by atoms with Gasteiger partial charge in [-0.1, -0.05) is 6.07 Å². The molecule has 2 aromatic rings. The van der Waals surface area contributed by atoms with Crippen molar-refractivity contribution in [2.45, 2.75) is 19.9 Å². The van der Waals surface area contributed by atoms with Crippen LogP contribution in [0.4, 0.5) is 17.3 Å². The van der Waals surface area contributed by atoms with Gasteiger partial charge in [0.05, 0.1) is 5.69 Å². The van der Waals surface area contributed by atoms with Gasteiger partial charge in [0.2, 0.25) is 0 Å². The average Bonchev–Trinajstić information content (AvgIpc) is 2.42. The largest absolute Gasteiger partial charge is 0.366 e. The Morgan fingerprint density at radius 2 is 2.00 bits per heavy atom. The first-order valence-corrected chi connectivity index (χ1v) is 7.19. The first kappa shape index (κ1) is 14.7. The highest BCUT2D eigenvalue weighted by Gasteiger charge is 2.05. The molecule has 106 valence electrons. The van der Waals surface area contributed by atoms with Crippen LogP contribution >= 0.6 is 15.9 Å². The highest BCUT2D eigenvalue weighted by molar-refractivity contribution is 9.10. The lowest BCUT2D eigenvalue weighted by Crippen LogP contribution is -2.25. The Balaban J connectivity index is 2.15. The Morgan fingerprint density at radius 3 is 2.70 bits per heavy atom. The van der Waals surface area contributed by atoms with Gasteiger partial charge < -0.3 is 16.4 Å². The third kappa shape index (κ3) is 3.91. The lowest BCUT2D eigenvalue weighted by molar-refractivity contribution is 0.797. The van der Waals surface area contributed by atoms with Crippen LogP contribution in [0.1, 0.15) is 12.5 Å². The number of hydrogen-bond acceptors (Lipinski definition) is 5. The fourth-order valence-corrected chi connectivity index (χ4v) is 2.27. The van der Waals surface area contributed by atoms with Gasteiger partial charge in [0.15, 0.2) is 0 Å². The van der Waals surface area contributed by atoms with Crippen LogP contribution in [0.2, 0.25) is 0 Å². The number of benzene rings is 1. The van der Waals surface area contributed by atoms with Gasteiger partial charge in [-0.05, 0) is 47.5 Å². The summed E-state index contributed by atoms with van der Waals surface area (Å²) in [5.41, 5.74) is 7.75. The van der Waals surface area contributed by atoms with Crippen LogP contribution < -0.4 is 16.4 Å². The van der Waals surface area contributed by atoms with E-state index in [1.165, 1.54) is 11.9 Å². The lowest BCUT2D eigenvalue weighted by atomic mass is 10.2. The molecule has 0 saturated heterocycles. The summed E-state index contributed by atoms with van der Waals surface area (Å²) in [4.78, 5) is 8.39. The Morgan fingerprint density at radius 1 is 1.25 bits per heavy atom. The number of rotatable bonds is 5. The summed E-state index contributed by atoms with van der Waals surface area (Å²) in [5, 5.41) is 6.48. The molecule has 1 unspecified atom stereocenters. The highest BCUT2D eigenvalue weighted by atomic mass is 79.9. The third-order valence-electron chi connectivity index (χ3n) is 2.80. The first-order chi connectivity index (χ1) is 9.58. The van der Waals surface area contributed by atoms with E-state index >= 15 is 0 Å². The highest BCUT2D eigenvalue weighted by Crippen LogP contribution is 2.26. The fourth-order valence-electron chi connectivity index (χ4n) is 1.68. The summed E-state index contributed by atoms with van der Waals surface area (Å²) in [7, 11) is 0. The van der Waals surface area contributed by atoms with Crippen LogP contribution in [-0.2, 0) is 0 Å². The molecule has 1 aromatic carbocycles. The van der Waals surface area contributed by atoms with Gasteiger partial charge in [-0.3, -0.25) is 0 Å². The summed E-state index contributed by atoms with van der Waals surface area (Å²) < 4.78 is 1.00. The summed E-state index contributed by atoms with van der Waals surface area (Å²) in [6.45, 7) is 4.61. The minimum Gasteiger partial charge on any atom is -0.366 e. The van der Waals surface area contributed by atoms with Crippen molar-refractivity contribution < 1.29 is 0 Å². The second-order valence-corrected chi connectivity index (χ2v) is 5.53. The second-order valence-electron chi connectivity index (χ2n) is 4.68. The molecule has 0 fully saturated rings. The van der Waals surface area contributed by atoms with Crippen molar-refractivity contribution >= 4 is 33.3 Å². The minimum absolute atomic E-state index is 0.170. The predicted octanol–water partition coefficient (Wildman–Crippen LogP) is 3.05. The first-order valence-electron chi connectivity index (χ1n) is 6.40. The zero-order valence-corrected chi connectivity index (χ0v) is 13.1. The Hall–Kier alpha value is -1.66. The van der Waals surface area contributed by atoms with E-state index in [0.717, 1.165) is 21.8 Å². The molecule has 1 aromatic heterocycles. The van der Waals surface area contributed by atoms with Gasteiger partial charge in [0, 0.05) is 23.1 Å². The maximum atomic E-state index is 5.59. The number of nitrogens with zero attached hydrogens (tertiary/aromatic N) is 2. The fraction of sp³-hybridized carbons (Fsp3) is 0.286. The third-order valence-corrected chi connectivity index (χ3v) is 3.46. The summed E-state index contributed by atoms with van der Waals surface area (Å²) >= 11 is 3.54. The van der Waals surface area contributed by atoms with E-state index in [2.05, 4.69) is 49.5 Å². The molecule has 4 N–H and O–H groups in total. The number of halogens is 1. The van der Waals surface area contributed by atoms with Crippen LogP contribution in [0.5, 0.6) is 0 Å². The zero-order chi connectivity index (χ0) is 14.5. The molecular weight excluding hydrogens is 318 g/mol. The van der Waals surface area contributed by atoms with Crippen LogP contribution in [-0.4, -0.2) is 22.6 Å². The molecule has 0 bridgehead atoms. The summed E-state index contributed by atoms with van der Waals surface area (Å²) in [6.07, 6.45) is 1.52. The normalized spacial score (nSPS) is 12.0. The average molecular weight is 336 g/mol. The molecule has 0 radical (unpaired) electrons. The quantitative estimate of drug-likeness (QED) is 0.782. The van der Waals surface area contributed by atoms with E-state index < -0.39 is 0 Å². The van der Waals surface area contributed by atoms with E-state index in [-0.39, 0.29) is 6.04 Å². The maximum absolute atomic E-state index is 5.59. The molecule has 0 aliphatic carbocycles. The smallest absolute Gasteiger partial charge is 0.135 e. The molecule has 2 rings (SSSR count). The van der Waals surface area contributed by atoms with Gasteiger partial charge >= 0.3 is 0 Å². The topological polar surface area (TPSA) is 75.9 Å². The predicted molar refractivity (Wildman–Crippen MR) is 86.3 cm³/mol. The molecule has 0 aliphatic heterocycles. The van der Waals surface area contributed by atoms with Crippen molar-refractivity contribution in [3.63, 3.8) is 0 Å². The monoisotopic (exact) mass is 335 g/mol. The summed E-state index contributed by atoms with van der Waals surface area (Å²) in [5.74, 6) is 1.49. The van der Waals surface area contributed by atoms with E-state index in [0.29, 0.717) is 6.54 Å². The molecule has 0 saturated carbocycles. The number of hydrogen-bond donors (Lipinski definition) is 3. The van der Waals surface area contributed by atoms with Crippen molar-refractivity contribution in [2.24, 2.45) is 5.73 Å². The molecule has 6 heteroatoms. The minimum atomic E-state index is 0.170. The van der Waals surface area contributed by atoms with E-state index in [1.54, 1.807) is 0 Å². The van der Waals surface area contributed by atoms with Gasteiger partial charge in [-0.25, -0.2) is 9.97 Å². The van der Waals surface area contributed by atoms with Gasteiger partial charge in [0.1, 0.15) is 18.0 Å². The van der Waals surface area contributed by atoms with Crippen molar-refractivity contribution in [3.8, 4) is 0 Å². The zero-order valence-electron chi connectivity index (χ0n) is 11.5. The standard InChI is InChI=1S/C14H18BrN5/c1-9-3-4-12(11(15)5-9)20-14-6-13(17-8-18-14)19-10(2)7-16/h3-6,8,10H,7,16H2,1-2H3,(H2,17,18,19,20). The Bertz CT molecular complexity index is 588. The van der Waals surface area contributed by atoms with Gasteiger partial charge in [-0.2, -0.15) is 0 Å². The molecule has 1 atom stereocenters.